The number of hydrazine groups is 1. The molecule has 1 unspecified atom stereocenters. The molecule has 1 atom stereocenters. The summed E-state index contributed by atoms with van der Waals surface area (Å²) in [7, 11) is 6.10. The number of amidine groups is 1. The van der Waals surface area contributed by atoms with Crippen molar-refractivity contribution in [2.24, 2.45) is 21.9 Å². The number of hydrogen-bond acceptors (Lipinski definition) is 9. The maximum atomic E-state index is 9.90. The summed E-state index contributed by atoms with van der Waals surface area (Å²) in [5.41, 5.74) is 20.9. The molecule has 6 N–H and O–H groups in total. The molecule has 1 aliphatic carbocycles. The molecule has 0 amide bonds. The summed E-state index contributed by atoms with van der Waals surface area (Å²) in [5, 5.41) is 0. The predicted molar refractivity (Wildman–Crippen MR) is 173 cm³/mol. The first-order valence-corrected chi connectivity index (χ1v) is 14.9. The highest BCUT2D eigenvalue weighted by molar-refractivity contribution is 5.99. The van der Waals surface area contributed by atoms with Gasteiger partial charge in [0.2, 0.25) is 0 Å². The molecule has 3 fully saturated rings. The molecule has 0 radical (unpaired) electrons. The minimum Gasteiger partial charge on any atom is -0.457 e. The number of benzene rings is 2. The van der Waals surface area contributed by atoms with Crippen molar-refractivity contribution in [3.05, 3.63) is 71.9 Å². The quantitative estimate of drug-likeness (QED) is 0.121. The topological polar surface area (TPSA) is 124 Å². The average Bonchev–Trinajstić information content (AvgIpc) is 2.98. The van der Waals surface area contributed by atoms with Crippen LogP contribution in [0.2, 0.25) is 0 Å². The number of carbonyl (C=O) groups excluding carboxylic acids is 1. The smallest absolute Gasteiger partial charge is 0.192 e. The lowest BCUT2D eigenvalue weighted by atomic mass is 9.61. The number of para-hydroxylation sites is 1. The van der Waals surface area contributed by atoms with Crippen LogP contribution in [0.5, 0.6) is 11.5 Å². The van der Waals surface area contributed by atoms with E-state index in [1.807, 2.05) is 61.6 Å². The van der Waals surface area contributed by atoms with Crippen LogP contribution in [0.15, 0.2) is 71.4 Å². The highest BCUT2D eigenvalue weighted by atomic mass is 16.5. The van der Waals surface area contributed by atoms with E-state index in [1.165, 1.54) is 13.1 Å². The van der Waals surface area contributed by atoms with Crippen LogP contribution in [-0.4, -0.2) is 99.8 Å². The average molecular weight is 587 g/mol. The lowest BCUT2D eigenvalue weighted by molar-refractivity contribution is -0.103. The van der Waals surface area contributed by atoms with E-state index in [-0.39, 0.29) is 0 Å². The number of carbonyl (C=O) groups is 1. The summed E-state index contributed by atoms with van der Waals surface area (Å²) >= 11 is 0. The van der Waals surface area contributed by atoms with E-state index in [9.17, 15) is 4.79 Å². The van der Waals surface area contributed by atoms with E-state index in [2.05, 4.69) is 51.5 Å². The molecule has 2 saturated heterocycles. The molecule has 230 valence electrons. The third kappa shape index (κ3) is 9.13. The number of aliphatic imine (C=N–C) groups is 1. The van der Waals surface area contributed by atoms with E-state index in [4.69, 9.17) is 21.2 Å². The molecule has 1 spiro atoms. The number of piperazine rings is 1. The fraction of sp³-hybridized carbons (Fsp3) is 0.455. The molecule has 5 rings (SSSR count). The van der Waals surface area contributed by atoms with Crippen LogP contribution in [0.1, 0.15) is 24.4 Å². The van der Waals surface area contributed by atoms with Gasteiger partial charge in [-0.1, -0.05) is 36.3 Å². The zero-order valence-corrected chi connectivity index (χ0v) is 25.6. The summed E-state index contributed by atoms with van der Waals surface area (Å²) in [6, 6.07) is 17.4. The van der Waals surface area contributed by atoms with Crippen LogP contribution < -0.4 is 27.1 Å². The highest BCUT2D eigenvalue weighted by Crippen LogP contribution is 2.49. The van der Waals surface area contributed by atoms with Crippen molar-refractivity contribution in [1.82, 2.24) is 25.6 Å². The maximum absolute atomic E-state index is 9.90. The van der Waals surface area contributed by atoms with Gasteiger partial charge in [-0.05, 0) is 68.1 Å². The summed E-state index contributed by atoms with van der Waals surface area (Å²) in [6.07, 6.45) is 4.43. The Kier molecular flexibility index (Phi) is 11.7. The second-order valence-electron chi connectivity index (χ2n) is 11.7. The van der Waals surface area contributed by atoms with E-state index in [0.29, 0.717) is 23.6 Å². The van der Waals surface area contributed by atoms with Crippen molar-refractivity contribution in [3.63, 3.8) is 0 Å². The second kappa shape index (κ2) is 15.7. The zero-order chi connectivity index (χ0) is 30.7. The zero-order valence-electron chi connectivity index (χ0n) is 25.6. The van der Waals surface area contributed by atoms with E-state index >= 15 is 0 Å². The third-order valence-corrected chi connectivity index (χ3v) is 8.17. The summed E-state index contributed by atoms with van der Waals surface area (Å²) in [4.78, 5) is 21.8. The Morgan fingerprint density at radius 3 is 2.28 bits per heavy atom. The van der Waals surface area contributed by atoms with Gasteiger partial charge in [0.15, 0.2) is 6.29 Å². The number of aldehydes is 1. The summed E-state index contributed by atoms with van der Waals surface area (Å²) in [6.45, 7) is 7.39. The number of likely N-dealkylation sites (tertiary alicyclic amines) is 1. The number of likely N-dealkylation sites (N-methyl/N-ethyl adjacent to an activating group) is 1. The first-order valence-electron chi connectivity index (χ1n) is 14.9. The van der Waals surface area contributed by atoms with Crippen LogP contribution >= 0.6 is 0 Å². The van der Waals surface area contributed by atoms with Crippen LogP contribution in [0, 0.1) is 17.3 Å². The van der Waals surface area contributed by atoms with Gasteiger partial charge in [-0.25, -0.2) is 5.43 Å². The maximum Gasteiger partial charge on any atom is 0.192 e. The number of nitrogens with two attached hydrogens (primary N) is 2. The Morgan fingerprint density at radius 2 is 1.70 bits per heavy atom. The second-order valence-corrected chi connectivity index (χ2v) is 11.7. The van der Waals surface area contributed by atoms with Crippen molar-refractivity contribution >= 4 is 12.1 Å². The van der Waals surface area contributed by atoms with Crippen LogP contribution in [0.3, 0.4) is 0 Å². The molecular weight excluding hydrogens is 540 g/mol. The monoisotopic (exact) mass is 586 g/mol. The van der Waals surface area contributed by atoms with Gasteiger partial charge < -0.3 is 31.4 Å². The van der Waals surface area contributed by atoms with Crippen molar-refractivity contribution < 1.29 is 9.53 Å². The van der Waals surface area contributed by atoms with Crippen molar-refractivity contribution in [2.75, 3.05) is 67.0 Å². The highest BCUT2D eigenvalue weighted by Gasteiger charge is 2.51. The molecule has 10 heteroatoms. The van der Waals surface area contributed by atoms with Gasteiger partial charge in [0.1, 0.15) is 17.3 Å². The molecule has 2 aromatic carbocycles. The molecule has 3 aliphatic rings. The lowest BCUT2D eigenvalue weighted by Crippen LogP contribution is -2.62. The molecule has 0 bridgehead atoms. The Balaban J connectivity index is 0.000000296. The van der Waals surface area contributed by atoms with Crippen molar-refractivity contribution in [2.45, 2.75) is 24.9 Å². The molecule has 2 aliphatic heterocycles. The van der Waals surface area contributed by atoms with Gasteiger partial charge in [-0.15, -0.1) is 0 Å². The molecule has 2 heterocycles. The lowest BCUT2D eigenvalue weighted by Gasteiger charge is -2.57. The fourth-order valence-corrected chi connectivity index (χ4v) is 5.95. The Hall–Kier alpha value is -3.72. The van der Waals surface area contributed by atoms with Gasteiger partial charge >= 0.3 is 0 Å². The Bertz CT molecular complexity index is 1280. The fourth-order valence-electron chi connectivity index (χ4n) is 5.95. The molecule has 43 heavy (non-hydrogen) atoms. The van der Waals surface area contributed by atoms with Crippen LogP contribution in [0.25, 0.3) is 0 Å². The van der Waals surface area contributed by atoms with Crippen LogP contribution in [0.4, 0.5) is 0 Å². The normalized spacial score (nSPS) is 20.0. The van der Waals surface area contributed by atoms with Crippen LogP contribution in [-0.2, 0) is 4.79 Å². The minimum absolute atomic E-state index is 0.299. The number of ether oxygens (including phenoxy) is 1. The number of rotatable bonds is 8. The molecule has 1 saturated carbocycles. The summed E-state index contributed by atoms with van der Waals surface area (Å²) < 4.78 is 5.87. The SMILES string of the molecule is CN1CCN(CC#CC=O)CC1.CNNC(=NC1CC2(C1)CN(C)C2)/C(=C\N)C(N)c1ccc(Oc2ccccc2)cc1. The molecule has 2 aromatic rings. The Labute approximate surface area is 256 Å². The first-order chi connectivity index (χ1) is 20.8. The van der Waals surface area contributed by atoms with E-state index in [0.717, 1.165) is 68.2 Å². The van der Waals surface area contributed by atoms with Gasteiger partial charge in [0.05, 0.1) is 18.6 Å². The van der Waals surface area contributed by atoms with Gasteiger partial charge in [0.25, 0.3) is 0 Å². The predicted octanol–water partition coefficient (Wildman–Crippen LogP) is 1.97. The molecular formula is C33H46N8O2. The minimum atomic E-state index is -0.403. The largest absolute Gasteiger partial charge is 0.457 e. The van der Waals surface area contributed by atoms with Crippen molar-refractivity contribution in [1.29, 1.82) is 0 Å². The standard InChI is InChI=1S/C24H32N6O.C9H14N2O/c1-27-29-23(28-18-12-24(13-18)15-30(2)16-24)21(14-25)22(26)17-8-10-20(11-9-17)31-19-6-4-3-5-7-19;1-10-5-7-11(8-6-10)4-2-3-9-12/h3-11,14,18,22,27H,12-13,15-16,25-26H2,1-2H3,(H,28,29);9H,4-8H2,1H3/b21-14-;. The van der Waals surface area contributed by atoms with E-state index < -0.39 is 6.04 Å². The number of nitrogens with one attached hydrogen (secondary N) is 2. The first kappa shape index (κ1) is 32.2. The van der Waals surface area contributed by atoms with Gasteiger partial charge in [0, 0.05) is 58.1 Å². The van der Waals surface area contributed by atoms with Gasteiger partial charge in [-0.3, -0.25) is 14.7 Å². The number of nitrogens with zero attached hydrogens (tertiary/aromatic N) is 4. The summed E-state index contributed by atoms with van der Waals surface area (Å²) in [5.74, 6) is 7.49. The third-order valence-electron chi connectivity index (χ3n) is 8.17. The number of hydrogen-bond donors (Lipinski definition) is 4. The van der Waals surface area contributed by atoms with Gasteiger partial charge in [-0.2, -0.15) is 0 Å². The van der Waals surface area contributed by atoms with Crippen molar-refractivity contribution in [3.8, 4) is 23.3 Å². The Morgan fingerprint density at radius 1 is 1.05 bits per heavy atom. The molecule has 0 aromatic heterocycles. The molecule has 10 nitrogen and oxygen atoms in total. The van der Waals surface area contributed by atoms with E-state index in [1.54, 1.807) is 6.20 Å².